The van der Waals surface area contributed by atoms with Crippen LogP contribution in [0.2, 0.25) is 0 Å². The van der Waals surface area contributed by atoms with Gasteiger partial charge in [-0.05, 0) is 82.6 Å². The lowest BCUT2D eigenvalue weighted by molar-refractivity contribution is -0.150. The minimum Gasteiger partial charge on any atom is -0.496 e. The van der Waals surface area contributed by atoms with Crippen molar-refractivity contribution in [1.82, 2.24) is 10.6 Å². The number of carboxylic acids is 1. The molecule has 41 heavy (non-hydrogen) atoms. The lowest BCUT2D eigenvalue weighted by atomic mass is 9.75. The second-order valence-electron chi connectivity index (χ2n) is 12.8. The molecule has 4 aliphatic rings. The Hall–Kier alpha value is -3.35. The number of aliphatic carboxylic acids is 1. The van der Waals surface area contributed by atoms with E-state index >= 15 is 0 Å². The first-order chi connectivity index (χ1) is 19.6. The Morgan fingerprint density at radius 1 is 1.07 bits per heavy atom. The molecule has 2 bridgehead atoms. The van der Waals surface area contributed by atoms with E-state index in [0.29, 0.717) is 38.5 Å². The highest BCUT2D eigenvalue weighted by Crippen LogP contribution is 2.49. The van der Waals surface area contributed by atoms with E-state index in [-0.39, 0.29) is 59.1 Å². The van der Waals surface area contributed by atoms with Crippen LogP contribution in [-0.4, -0.2) is 54.4 Å². The van der Waals surface area contributed by atoms with E-state index in [4.69, 9.17) is 9.47 Å². The molecule has 222 valence electrons. The first kappa shape index (κ1) is 29.2. The van der Waals surface area contributed by atoms with Gasteiger partial charge in [-0.2, -0.15) is 5.26 Å². The number of alkyl halides is 1. The highest BCUT2D eigenvalue weighted by molar-refractivity contribution is 5.98. The molecule has 1 aromatic rings. The van der Waals surface area contributed by atoms with Gasteiger partial charge in [0.1, 0.15) is 23.2 Å². The van der Waals surface area contributed by atoms with Crippen LogP contribution in [0.25, 0.3) is 0 Å². The molecule has 4 atom stereocenters. The molecular weight excluding hydrogens is 529 g/mol. The van der Waals surface area contributed by atoms with Gasteiger partial charge in [0.05, 0.1) is 42.2 Å². The predicted octanol–water partition coefficient (Wildman–Crippen LogP) is 4.52. The second-order valence-corrected chi connectivity index (χ2v) is 12.8. The van der Waals surface area contributed by atoms with Crippen molar-refractivity contribution in [1.29, 1.82) is 5.26 Å². The van der Waals surface area contributed by atoms with Crippen molar-refractivity contribution >= 4 is 17.8 Å². The number of carbonyl (C=O) groups excluding carboxylic acids is 2. The Morgan fingerprint density at radius 3 is 2.39 bits per heavy atom. The molecule has 9 nitrogen and oxygen atoms in total. The molecule has 1 aromatic carbocycles. The SMILES string of the molecule is COc1cc(C#N)c(O[C@H]2CC[C@@](C)(C(=O)O)CC2)cc1C(=O)N[C@@H]1[C@H]2CC[C@H](C2)[C@@H]1C(=O)NCC1(F)CCCC1. The third-order valence-corrected chi connectivity index (χ3v) is 10.1. The smallest absolute Gasteiger partial charge is 0.309 e. The number of fused-ring (bicyclic) bond motifs is 2. The van der Waals surface area contributed by atoms with Crippen LogP contribution in [0.1, 0.15) is 93.5 Å². The molecule has 2 amide bonds. The van der Waals surface area contributed by atoms with Crippen LogP contribution in [0.15, 0.2) is 12.1 Å². The zero-order chi connectivity index (χ0) is 29.4. The lowest BCUT2D eigenvalue weighted by Crippen LogP contribution is -2.51. The number of hydrogen-bond donors (Lipinski definition) is 3. The highest BCUT2D eigenvalue weighted by atomic mass is 19.1. The zero-order valence-corrected chi connectivity index (χ0v) is 23.8. The van der Waals surface area contributed by atoms with Crippen LogP contribution in [0.3, 0.4) is 0 Å². The van der Waals surface area contributed by atoms with Gasteiger partial charge in [0.25, 0.3) is 5.91 Å². The van der Waals surface area contributed by atoms with E-state index in [1.54, 1.807) is 6.92 Å². The number of halogens is 1. The van der Waals surface area contributed by atoms with Crippen LogP contribution in [0, 0.1) is 34.5 Å². The number of benzene rings is 1. The number of methoxy groups -OCH3 is 1. The number of nitrogens with one attached hydrogen (secondary N) is 2. The molecule has 0 spiro atoms. The number of carbonyl (C=O) groups is 3. The van der Waals surface area contributed by atoms with Crippen molar-refractivity contribution in [3.05, 3.63) is 23.3 Å². The summed E-state index contributed by atoms with van der Waals surface area (Å²) in [5.41, 5.74) is -1.73. The van der Waals surface area contributed by atoms with Crippen molar-refractivity contribution in [3.8, 4) is 17.6 Å². The van der Waals surface area contributed by atoms with Gasteiger partial charge < -0.3 is 25.2 Å². The van der Waals surface area contributed by atoms with Crippen LogP contribution < -0.4 is 20.1 Å². The molecule has 0 aromatic heterocycles. The largest absolute Gasteiger partial charge is 0.496 e. The topological polar surface area (TPSA) is 138 Å². The van der Waals surface area contributed by atoms with Crippen molar-refractivity contribution in [3.63, 3.8) is 0 Å². The fourth-order valence-electron chi connectivity index (χ4n) is 7.49. The summed E-state index contributed by atoms with van der Waals surface area (Å²) in [6.45, 7) is 1.74. The van der Waals surface area contributed by atoms with E-state index in [0.717, 1.165) is 32.1 Å². The third-order valence-electron chi connectivity index (χ3n) is 10.1. The number of rotatable bonds is 9. The van der Waals surface area contributed by atoms with Crippen molar-refractivity contribution in [2.24, 2.45) is 23.2 Å². The average molecular weight is 570 g/mol. The number of hydrogen-bond acceptors (Lipinski definition) is 6. The number of carboxylic acid groups (broad SMARTS) is 1. The predicted molar refractivity (Wildman–Crippen MR) is 147 cm³/mol. The normalized spacial score (nSPS) is 31.7. The van der Waals surface area contributed by atoms with E-state index in [9.17, 15) is 29.1 Å². The summed E-state index contributed by atoms with van der Waals surface area (Å²) in [7, 11) is 1.42. The number of ether oxygens (including phenoxy) is 2. The average Bonchev–Trinajstić information content (AvgIpc) is 3.70. The zero-order valence-electron chi connectivity index (χ0n) is 23.8. The Balaban J connectivity index is 1.31. The molecule has 4 fully saturated rings. The Morgan fingerprint density at radius 2 is 1.76 bits per heavy atom. The van der Waals surface area contributed by atoms with Gasteiger partial charge >= 0.3 is 5.97 Å². The minimum atomic E-state index is -1.34. The van der Waals surface area contributed by atoms with E-state index in [1.807, 2.05) is 0 Å². The monoisotopic (exact) mass is 569 g/mol. The van der Waals surface area contributed by atoms with Gasteiger partial charge in [0.15, 0.2) is 0 Å². The summed E-state index contributed by atoms with van der Waals surface area (Å²) in [6, 6.07) is 4.71. The Kier molecular flexibility index (Phi) is 8.18. The highest BCUT2D eigenvalue weighted by Gasteiger charge is 2.52. The molecule has 0 radical (unpaired) electrons. The Bertz CT molecular complexity index is 1230. The van der Waals surface area contributed by atoms with Gasteiger partial charge in [-0.1, -0.05) is 12.8 Å². The molecule has 0 aliphatic heterocycles. The van der Waals surface area contributed by atoms with Crippen molar-refractivity contribution < 1.29 is 33.4 Å². The van der Waals surface area contributed by atoms with Crippen molar-refractivity contribution in [2.75, 3.05) is 13.7 Å². The van der Waals surface area contributed by atoms with Crippen LogP contribution >= 0.6 is 0 Å². The number of nitriles is 1. The van der Waals surface area contributed by atoms with Crippen LogP contribution in [0.5, 0.6) is 11.5 Å². The van der Waals surface area contributed by atoms with Gasteiger partial charge in [0, 0.05) is 12.1 Å². The summed E-state index contributed by atoms with van der Waals surface area (Å²) in [6.07, 6.45) is 6.94. The molecule has 0 unspecified atom stereocenters. The van der Waals surface area contributed by atoms with E-state index in [2.05, 4.69) is 16.7 Å². The summed E-state index contributed by atoms with van der Waals surface area (Å²) in [5.74, 6) is -1.10. The Labute approximate surface area is 240 Å². The molecular formula is C31H40FN3O6. The standard InChI is InChI=1S/C31H40FN3O6/c1-30(29(38)39)11-7-21(8-12-30)41-23-15-22(24(40-2)14-20(23)16-33)27(36)35-26-19-6-5-18(13-19)25(26)28(37)34-17-31(32)9-3-4-10-31/h14-15,18-19,21,25-26H,3-13,17H2,1-2H3,(H,34,37)(H,35,36)(H,38,39)/t18-,19+,21-,25+,26-,30+/m1/s1. The summed E-state index contributed by atoms with van der Waals surface area (Å²) in [4.78, 5) is 38.6. The van der Waals surface area contributed by atoms with Gasteiger partial charge in [-0.15, -0.1) is 0 Å². The first-order valence-electron chi connectivity index (χ1n) is 14.9. The maximum atomic E-state index is 14.9. The number of amides is 2. The van der Waals surface area contributed by atoms with E-state index < -0.39 is 28.9 Å². The number of nitrogens with zero attached hydrogens (tertiary/aromatic N) is 1. The summed E-state index contributed by atoms with van der Waals surface area (Å²) < 4.78 is 26.6. The van der Waals surface area contributed by atoms with Gasteiger partial charge in [-0.3, -0.25) is 14.4 Å². The first-order valence-corrected chi connectivity index (χ1v) is 14.9. The molecule has 10 heteroatoms. The fraction of sp³-hybridized carbons (Fsp3) is 0.677. The molecule has 0 heterocycles. The molecule has 5 rings (SSSR count). The summed E-state index contributed by atoms with van der Waals surface area (Å²) >= 11 is 0. The molecule has 0 saturated heterocycles. The maximum absolute atomic E-state index is 14.9. The van der Waals surface area contributed by atoms with Crippen molar-refractivity contribution in [2.45, 2.75) is 95.4 Å². The molecule has 3 N–H and O–H groups in total. The minimum absolute atomic E-state index is 0.0112. The summed E-state index contributed by atoms with van der Waals surface area (Å²) in [5, 5.41) is 25.2. The van der Waals surface area contributed by atoms with Crippen LogP contribution in [-0.2, 0) is 9.59 Å². The maximum Gasteiger partial charge on any atom is 0.309 e. The van der Waals surface area contributed by atoms with Crippen LogP contribution in [0.4, 0.5) is 4.39 Å². The quantitative estimate of drug-likeness (QED) is 0.398. The lowest BCUT2D eigenvalue weighted by Gasteiger charge is -2.34. The van der Waals surface area contributed by atoms with E-state index in [1.165, 1.54) is 19.2 Å². The fourth-order valence-corrected chi connectivity index (χ4v) is 7.49. The second kappa shape index (κ2) is 11.5. The molecule has 4 aliphatic carbocycles. The third kappa shape index (κ3) is 5.86. The van der Waals surface area contributed by atoms with Gasteiger partial charge in [-0.25, -0.2) is 4.39 Å². The molecule has 4 saturated carbocycles. The van der Waals surface area contributed by atoms with Gasteiger partial charge in [0.2, 0.25) is 5.91 Å².